The van der Waals surface area contributed by atoms with Crippen molar-refractivity contribution in [3.63, 3.8) is 0 Å². The van der Waals surface area contributed by atoms with E-state index in [9.17, 15) is 14.7 Å². The van der Waals surface area contributed by atoms with E-state index < -0.39 is 18.1 Å². The first-order valence-corrected chi connectivity index (χ1v) is 9.35. The van der Waals surface area contributed by atoms with Gasteiger partial charge in [-0.2, -0.15) is 4.98 Å². The maximum atomic E-state index is 12.4. The largest absolute Gasteiger partial charge is 0.391 e. The molecule has 4 rings (SSSR count). The van der Waals surface area contributed by atoms with Crippen molar-refractivity contribution in [1.29, 1.82) is 0 Å². The maximum absolute atomic E-state index is 12.4. The number of rotatable bonds is 5. The molecule has 3 aromatic rings. The van der Waals surface area contributed by atoms with Crippen molar-refractivity contribution in [2.75, 3.05) is 0 Å². The van der Waals surface area contributed by atoms with E-state index in [1.54, 1.807) is 24.0 Å². The van der Waals surface area contributed by atoms with Crippen molar-refractivity contribution in [2.24, 2.45) is 5.92 Å². The lowest BCUT2D eigenvalue weighted by Crippen LogP contribution is -2.40. The van der Waals surface area contributed by atoms with Gasteiger partial charge in [-0.3, -0.25) is 9.59 Å². The second-order valence-electron chi connectivity index (χ2n) is 6.31. The molecule has 0 radical (unpaired) electrons. The summed E-state index contributed by atoms with van der Waals surface area (Å²) in [5.74, 6) is -0.757. The van der Waals surface area contributed by atoms with Gasteiger partial charge in [-0.25, -0.2) is 14.5 Å². The minimum Gasteiger partial charge on any atom is -0.391 e. The average Bonchev–Trinajstić information content (AvgIpc) is 3.39. The molecule has 140 valence electrons. The van der Waals surface area contributed by atoms with E-state index in [1.807, 2.05) is 5.38 Å². The molecule has 3 heterocycles. The average molecular weight is 387 g/mol. The molecule has 1 aliphatic rings. The summed E-state index contributed by atoms with van der Waals surface area (Å²) in [5.41, 5.74) is 2.50. The minimum atomic E-state index is -0.806. The first-order chi connectivity index (χ1) is 13.1. The van der Waals surface area contributed by atoms with Crippen LogP contribution in [0.15, 0.2) is 29.4 Å². The number of aliphatic hydroxyl groups is 1. The highest BCUT2D eigenvalue weighted by atomic mass is 32.1. The molecule has 0 unspecified atom stereocenters. The van der Waals surface area contributed by atoms with Crippen LogP contribution in [0.3, 0.4) is 0 Å². The Kier molecular flexibility index (Phi) is 4.77. The van der Waals surface area contributed by atoms with Gasteiger partial charge in [0.25, 0.3) is 11.7 Å². The topological polar surface area (TPSA) is 134 Å². The normalized spacial score (nSPS) is 22.0. The predicted octanol–water partition coefficient (Wildman–Crippen LogP) is -0.234. The van der Waals surface area contributed by atoms with E-state index in [1.165, 1.54) is 15.9 Å². The molecule has 3 atom stereocenters. The fourth-order valence-corrected chi connectivity index (χ4v) is 3.65. The molecule has 0 bridgehead atoms. The zero-order valence-corrected chi connectivity index (χ0v) is 15.0. The van der Waals surface area contributed by atoms with Gasteiger partial charge in [0.2, 0.25) is 11.7 Å². The maximum Gasteiger partial charge on any atom is 0.291 e. The van der Waals surface area contributed by atoms with Crippen LogP contribution < -0.4 is 10.6 Å². The molecule has 1 saturated carbocycles. The van der Waals surface area contributed by atoms with E-state index in [4.69, 9.17) is 0 Å². The van der Waals surface area contributed by atoms with Crippen molar-refractivity contribution in [1.82, 2.24) is 35.2 Å². The predicted molar refractivity (Wildman–Crippen MR) is 94.7 cm³/mol. The van der Waals surface area contributed by atoms with Gasteiger partial charge in [0, 0.05) is 23.7 Å². The Morgan fingerprint density at radius 1 is 1.33 bits per heavy atom. The summed E-state index contributed by atoms with van der Waals surface area (Å²) in [4.78, 5) is 36.9. The van der Waals surface area contributed by atoms with E-state index >= 15 is 0 Å². The van der Waals surface area contributed by atoms with Gasteiger partial charge in [-0.05, 0) is 18.9 Å². The van der Waals surface area contributed by atoms with Crippen LogP contribution in [-0.4, -0.2) is 53.6 Å². The number of hydrogen-bond donors (Lipinski definition) is 3. The number of aromatic nitrogens is 5. The molecule has 0 aliphatic heterocycles. The highest BCUT2D eigenvalue weighted by molar-refractivity contribution is 7.07. The number of carbonyl (C=O) groups excluding carboxylic acids is 2. The molecular formula is C16H17N7O3S. The standard InChI is InChI=1S/C16H17N7O3S/c24-12-5-9(14(25)18-6-10-7-27-8-19-10)4-11(12)20-15(26)13-21-16-17-2-1-3-23(16)22-13/h1-3,7-9,11-12,24H,4-6H2,(H,18,25)(H,20,26)/t9-,11-,12-/m0/s1. The fraction of sp³-hybridized carbons (Fsp3) is 0.375. The molecule has 0 saturated heterocycles. The van der Waals surface area contributed by atoms with Crippen molar-refractivity contribution >= 4 is 28.9 Å². The summed E-state index contributed by atoms with van der Waals surface area (Å²) in [7, 11) is 0. The number of carbonyl (C=O) groups is 2. The highest BCUT2D eigenvalue weighted by Crippen LogP contribution is 2.26. The van der Waals surface area contributed by atoms with Crippen LogP contribution in [0.5, 0.6) is 0 Å². The summed E-state index contributed by atoms with van der Waals surface area (Å²) in [6, 6.07) is 1.14. The molecule has 27 heavy (non-hydrogen) atoms. The van der Waals surface area contributed by atoms with Gasteiger partial charge < -0.3 is 15.7 Å². The van der Waals surface area contributed by atoms with Crippen LogP contribution in [-0.2, 0) is 11.3 Å². The SMILES string of the molecule is O=C(N[C@H]1C[C@H](C(=O)NCc2cscn2)C[C@@H]1O)c1nc2ncccn2n1. The van der Waals surface area contributed by atoms with Crippen LogP contribution in [0.2, 0.25) is 0 Å². The fourth-order valence-electron chi connectivity index (χ4n) is 3.09. The Bertz CT molecular complexity index is 925. The van der Waals surface area contributed by atoms with E-state index in [-0.39, 0.29) is 24.1 Å². The van der Waals surface area contributed by atoms with Gasteiger partial charge in [-0.1, -0.05) is 0 Å². The van der Waals surface area contributed by atoms with Crippen LogP contribution in [0.1, 0.15) is 29.2 Å². The summed E-state index contributed by atoms with van der Waals surface area (Å²) in [6.45, 7) is 0.351. The number of fused-ring (bicyclic) bond motifs is 1. The Morgan fingerprint density at radius 2 is 2.22 bits per heavy atom. The summed E-state index contributed by atoms with van der Waals surface area (Å²) >= 11 is 1.46. The van der Waals surface area contributed by atoms with Gasteiger partial charge in [0.1, 0.15) is 0 Å². The minimum absolute atomic E-state index is 0.0302. The third-order valence-electron chi connectivity index (χ3n) is 4.46. The lowest BCUT2D eigenvalue weighted by atomic mass is 10.1. The third kappa shape index (κ3) is 3.78. The number of thiazole rings is 1. The molecular weight excluding hydrogens is 370 g/mol. The molecule has 10 nitrogen and oxygen atoms in total. The van der Waals surface area contributed by atoms with E-state index in [2.05, 4.69) is 30.7 Å². The Hall–Kier alpha value is -2.92. The summed E-state index contributed by atoms with van der Waals surface area (Å²) < 4.78 is 1.40. The van der Waals surface area contributed by atoms with Gasteiger partial charge in [-0.15, -0.1) is 16.4 Å². The van der Waals surface area contributed by atoms with E-state index in [0.717, 1.165) is 5.69 Å². The molecule has 1 fully saturated rings. The molecule has 1 aliphatic carbocycles. The first kappa shape index (κ1) is 17.5. The van der Waals surface area contributed by atoms with Gasteiger partial charge >= 0.3 is 0 Å². The number of nitrogens with one attached hydrogen (secondary N) is 2. The Morgan fingerprint density at radius 3 is 3.00 bits per heavy atom. The van der Waals surface area contributed by atoms with E-state index in [0.29, 0.717) is 18.7 Å². The molecule has 0 spiro atoms. The summed E-state index contributed by atoms with van der Waals surface area (Å²) in [5, 5.41) is 21.7. The lowest BCUT2D eigenvalue weighted by Gasteiger charge is -2.14. The number of amides is 2. The van der Waals surface area contributed by atoms with Crippen molar-refractivity contribution in [3.05, 3.63) is 40.9 Å². The van der Waals surface area contributed by atoms with Crippen molar-refractivity contribution < 1.29 is 14.7 Å². The van der Waals surface area contributed by atoms with Gasteiger partial charge in [0.15, 0.2) is 0 Å². The third-order valence-corrected chi connectivity index (χ3v) is 5.10. The molecule has 11 heteroatoms. The number of nitrogens with zero attached hydrogens (tertiary/aromatic N) is 5. The van der Waals surface area contributed by atoms with Crippen molar-refractivity contribution in [3.8, 4) is 0 Å². The Balaban J connectivity index is 1.35. The van der Waals surface area contributed by atoms with Crippen LogP contribution in [0, 0.1) is 5.92 Å². The summed E-state index contributed by atoms with van der Waals surface area (Å²) in [6.07, 6.45) is 3.02. The van der Waals surface area contributed by atoms with Crippen molar-refractivity contribution in [2.45, 2.75) is 31.5 Å². The zero-order chi connectivity index (χ0) is 18.8. The van der Waals surface area contributed by atoms with Crippen LogP contribution in [0.25, 0.3) is 5.78 Å². The monoisotopic (exact) mass is 387 g/mol. The Labute approximate surface area is 157 Å². The van der Waals surface area contributed by atoms with Crippen LogP contribution >= 0.6 is 11.3 Å². The number of aliphatic hydroxyl groups excluding tert-OH is 1. The quantitative estimate of drug-likeness (QED) is 0.550. The highest BCUT2D eigenvalue weighted by Gasteiger charge is 2.38. The molecule has 0 aromatic carbocycles. The molecule has 3 aromatic heterocycles. The zero-order valence-electron chi connectivity index (χ0n) is 14.1. The first-order valence-electron chi connectivity index (χ1n) is 8.41. The second-order valence-corrected chi connectivity index (χ2v) is 7.03. The van der Waals surface area contributed by atoms with Crippen LogP contribution in [0.4, 0.5) is 0 Å². The number of hydrogen-bond acceptors (Lipinski definition) is 8. The molecule has 3 N–H and O–H groups in total. The lowest BCUT2D eigenvalue weighted by molar-refractivity contribution is -0.125. The second kappa shape index (κ2) is 7.37. The molecule has 2 amide bonds. The smallest absolute Gasteiger partial charge is 0.291 e. The van der Waals surface area contributed by atoms with Gasteiger partial charge in [0.05, 0.1) is 29.9 Å².